The van der Waals surface area contributed by atoms with Crippen molar-refractivity contribution in [2.45, 2.75) is 32.4 Å². The summed E-state index contributed by atoms with van der Waals surface area (Å²) in [6.45, 7) is 4.55. The molecule has 0 bridgehead atoms. The molecule has 5 nitrogen and oxygen atoms in total. The molecule has 1 saturated heterocycles. The summed E-state index contributed by atoms with van der Waals surface area (Å²) in [7, 11) is 0. The van der Waals surface area contributed by atoms with Crippen LogP contribution in [-0.4, -0.2) is 38.3 Å². The molecule has 1 amide bonds. The number of benzene rings is 1. The second kappa shape index (κ2) is 8.27. The number of carbonyl (C=O) groups is 1. The Morgan fingerprint density at radius 3 is 2.68 bits per heavy atom. The molecule has 22 heavy (non-hydrogen) atoms. The highest BCUT2D eigenvalue weighted by Crippen LogP contribution is 2.29. The van der Waals surface area contributed by atoms with E-state index in [1.807, 2.05) is 37.3 Å². The minimum atomic E-state index is -0.480. The van der Waals surface area contributed by atoms with Crippen LogP contribution >= 0.6 is 0 Å². The van der Waals surface area contributed by atoms with Crippen molar-refractivity contribution in [1.82, 2.24) is 5.32 Å². The molecule has 122 valence electrons. The molecule has 1 aliphatic rings. The molecule has 0 spiro atoms. The van der Waals surface area contributed by atoms with Crippen LogP contribution in [0.15, 0.2) is 30.3 Å². The average Bonchev–Trinajstić information content (AvgIpc) is 2.56. The molecule has 1 aromatic carbocycles. The molecule has 0 radical (unpaired) electrons. The van der Waals surface area contributed by atoms with Crippen LogP contribution < -0.4 is 11.1 Å². The summed E-state index contributed by atoms with van der Waals surface area (Å²) in [6.07, 6.45) is 1.37. The summed E-state index contributed by atoms with van der Waals surface area (Å²) in [6, 6.07) is 9.96. The van der Waals surface area contributed by atoms with Crippen molar-refractivity contribution < 1.29 is 14.3 Å². The van der Waals surface area contributed by atoms with Crippen LogP contribution in [0.5, 0.6) is 0 Å². The van der Waals surface area contributed by atoms with Gasteiger partial charge in [0.1, 0.15) is 0 Å². The van der Waals surface area contributed by atoms with E-state index in [-0.39, 0.29) is 11.9 Å². The monoisotopic (exact) mass is 306 g/mol. The van der Waals surface area contributed by atoms with E-state index in [2.05, 4.69) is 5.32 Å². The topological polar surface area (TPSA) is 73.6 Å². The number of hydrogen-bond donors (Lipinski definition) is 2. The van der Waals surface area contributed by atoms with E-state index in [0.717, 1.165) is 5.56 Å². The Hall–Kier alpha value is -1.43. The fourth-order valence-corrected chi connectivity index (χ4v) is 2.63. The lowest BCUT2D eigenvalue weighted by Gasteiger charge is -2.35. The number of hydrogen-bond acceptors (Lipinski definition) is 4. The summed E-state index contributed by atoms with van der Waals surface area (Å²) < 4.78 is 11.0. The number of carbonyl (C=O) groups excluding carboxylic acids is 1. The molecular weight excluding hydrogens is 280 g/mol. The van der Waals surface area contributed by atoms with E-state index in [9.17, 15) is 4.79 Å². The number of nitrogens with two attached hydrogens (primary N) is 1. The van der Waals surface area contributed by atoms with E-state index < -0.39 is 5.41 Å². The smallest absolute Gasteiger partial charge is 0.227 e. The van der Waals surface area contributed by atoms with Crippen LogP contribution in [0.3, 0.4) is 0 Å². The maximum Gasteiger partial charge on any atom is 0.227 e. The second-order valence-corrected chi connectivity index (χ2v) is 5.97. The van der Waals surface area contributed by atoms with Crippen molar-refractivity contribution in [2.75, 3.05) is 26.4 Å². The molecular formula is C17H26N2O3. The van der Waals surface area contributed by atoms with Crippen molar-refractivity contribution in [3.63, 3.8) is 0 Å². The summed E-state index contributed by atoms with van der Waals surface area (Å²) in [5, 5.41) is 3.03. The summed E-state index contributed by atoms with van der Waals surface area (Å²) in [4.78, 5) is 12.5. The molecule has 1 unspecified atom stereocenters. The van der Waals surface area contributed by atoms with Gasteiger partial charge in [-0.1, -0.05) is 30.3 Å². The van der Waals surface area contributed by atoms with Gasteiger partial charge in [0.05, 0.1) is 18.6 Å². The summed E-state index contributed by atoms with van der Waals surface area (Å²) in [5.41, 5.74) is 6.49. The number of rotatable bonds is 7. The Balaban J connectivity index is 1.76. The van der Waals surface area contributed by atoms with Gasteiger partial charge in [-0.2, -0.15) is 0 Å². The van der Waals surface area contributed by atoms with Crippen LogP contribution in [0.2, 0.25) is 0 Å². The van der Waals surface area contributed by atoms with Gasteiger partial charge in [0.2, 0.25) is 5.91 Å². The summed E-state index contributed by atoms with van der Waals surface area (Å²) >= 11 is 0. The van der Waals surface area contributed by atoms with E-state index in [0.29, 0.717) is 45.8 Å². The molecule has 5 heteroatoms. The SMILES string of the molecule is CC(COCc1ccccc1)NC(=O)C1(CN)CCOCC1. The number of ether oxygens (including phenoxy) is 2. The molecule has 1 atom stereocenters. The highest BCUT2D eigenvalue weighted by atomic mass is 16.5. The van der Waals surface area contributed by atoms with Gasteiger partial charge in [0.15, 0.2) is 0 Å². The lowest BCUT2D eigenvalue weighted by molar-refractivity contribution is -0.137. The first kappa shape index (κ1) is 16.9. The quantitative estimate of drug-likeness (QED) is 0.800. The lowest BCUT2D eigenvalue weighted by atomic mass is 9.79. The van der Waals surface area contributed by atoms with Crippen LogP contribution in [0, 0.1) is 5.41 Å². The summed E-state index contributed by atoms with van der Waals surface area (Å²) in [5.74, 6) is 0.0223. The van der Waals surface area contributed by atoms with Crippen molar-refractivity contribution >= 4 is 5.91 Å². The standard InChI is InChI=1S/C17H26N2O3/c1-14(11-22-12-15-5-3-2-4-6-15)19-16(20)17(13-18)7-9-21-10-8-17/h2-6,14H,7-13,18H2,1H3,(H,19,20). The van der Waals surface area contributed by atoms with Crippen molar-refractivity contribution in [1.29, 1.82) is 0 Å². The zero-order chi connectivity index (χ0) is 15.8. The van der Waals surface area contributed by atoms with Gasteiger partial charge in [-0.05, 0) is 25.3 Å². The molecule has 1 aromatic rings. The van der Waals surface area contributed by atoms with E-state index in [1.54, 1.807) is 0 Å². The van der Waals surface area contributed by atoms with Crippen LogP contribution in [-0.2, 0) is 20.9 Å². The Kier molecular flexibility index (Phi) is 6.36. The van der Waals surface area contributed by atoms with Gasteiger partial charge in [-0.25, -0.2) is 0 Å². The van der Waals surface area contributed by atoms with Gasteiger partial charge in [0.25, 0.3) is 0 Å². The maximum absolute atomic E-state index is 12.5. The average molecular weight is 306 g/mol. The number of amides is 1. The number of nitrogens with one attached hydrogen (secondary N) is 1. The fraction of sp³-hybridized carbons (Fsp3) is 0.588. The van der Waals surface area contributed by atoms with Gasteiger partial charge in [0, 0.05) is 25.8 Å². The van der Waals surface area contributed by atoms with Crippen LogP contribution in [0.25, 0.3) is 0 Å². The normalized spacial score (nSPS) is 18.6. The third-order valence-corrected chi connectivity index (χ3v) is 4.18. The Labute approximate surface area is 132 Å². The van der Waals surface area contributed by atoms with Gasteiger partial charge >= 0.3 is 0 Å². The molecule has 0 saturated carbocycles. The van der Waals surface area contributed by atoms with Gasteiger partial charge < -0.3 is 20.5 Å². The van der Waals surface area contributed by atoms with Crippen molar-refractivity contribution in [2.24, 2.45) is 11.1 Å². The molecule has 0 aliphatic carbocycles. The molecule has 1 aliphatic heterocycles. The zero-order valence-electron chi connectivity index (χ0n) is 13.2. The van der Waals surface area contributed by atoms with Crippen LogP contribution in [0.4, 0.5) is 0 Å². The first-order valence-corrected chi connectivity index (χ1v) is 7.87. The largest absolute Gasteiger partial charge is 0.381 e. The lowest BCUT2D eigenvalue weighted by Crippen LogP contribution is -2.52. The first-order valence-electron chi connectivity index (χ1n) is 7.87. The van der Waals surface area contributed by atoms with Crippen LogP contribution in [0.1, 0.15) is 25.3 Å². The predicted octanol–water partition coefficient (Wildman–Crippen LogP) is 1.46. The van der Waals surface area contributed by atoms with E-state index in [1.165, 1.54) is 0 Å². The molecule has 1 fully saturated rings. The molecule has 2 rings (SSSR count). The Morgan fingerprint density at radius 2 is 2.05 bits per heavy atom. The minimum absolute atomic E-state index is 0.0223. The molecule has 3 N–H and O–H groups in total. The van der Waals surface area contributed by atoms with Crippen molar-refractivity contribution in [3.05, 3.63) is 35.9 Å². The third-order valence-electron chi connectivity index (χ3n) is 4.18. The zero-order valence-corrected chi connectivity index (χ0v) is 13.2. The maximum atomic E-state index is 12.5. The molecule has 1 heterocycles. The Morgan fingerprint density at radius 1 is 1.36 bits per heavy atom. The fourth-order valence-electron chi connectivity index (χ4n) is 2.63. The van der Waals surface area contributed by atoms with Gasteiger partial charge in [-0.15, -0.1) is 0 Å². The highest BCUT2D eigenvalue weighted by Gasteiger charge is 2.39. The van der Waals surface area contributed by atoms with Crippen molar-refractivity contribution in [3.8, 4) is 0 Å². The first-order chi connectivity index (χ1) is 10.7. The third kappa shape index (κ3) is 4.53. The van der Waals surface area contributed by atoms with E-state index >= 15 is 0 Å². The predicted molar refractivity (Wildman–Crippen MR) is 85.2 cm³/mol. The minimum Gasteiger partial charge on any atom is -0.381 e. The van der Waals surface area contributed by atoms with Gasteiger partial charge in [-0.3, -0.25) is 4.79 Å². The highest BCUT2D eigenvalue weighted by molar-refractivity contribution is 5.83. The van der Waals surface area contributed by atoms with E-state index in [4.69, 9.17) is 15.2 Å². The molecule has 0 aromatic heterocycles. The second-order valence-electron chi connectivity index (χ2n) is 5.97. The Bertz CT molecular complexity index is 458.